The summed E-state index contributed by atoms with van der Waals surface area (Å²) in [6, 6.07) is 25.6. The lowest BCUT2D eigenvalue weighted by molar-refractivity contribution is 0.0979. The average molecular weight is 384 g/mol. The molecule has 0 fully saturated rings. The number of hydrogen-bond donors (Lipinski definition) is 0. The van der Waals surface area contributed by atoms with E-state index in [9.17, 15) is 4.79 Å². The fourth-order valence-electron chi connectivity index (χ4n) is 3.45. The molecule has 2 aromatic heterocycles. The minimum Gasteiger partial charge on any atom is -0.304 e. The molecule has 1 amide bonds. The standard InChI is InChI=1S/C24H24N4O/c1-26(2)18-21-23(25-22-15-9-10-16-27(21)22)24(29)28(20-13-7-4-8-14-20)17-19-11-5-3-6-12-19/h3-16H,17-18H2,1-2H3. The highest BCUT2D eigenvalue weighted by atomic mass is 16.2. The Morgan fingerprint density at radius 1 is 0.862 bits per heavy atom. The van der Waals surface area contributed by atoms with E-state index in [2.05, 4.69) is 4.90 Å². The van der Waals surface area contributed by atoms with Crippen molar-refractivity contribution >= 4 is 17.2 Å². The molecule has 0 aliphatic rings. The summed E-state index contributed by atoms with van der Waals surface area (Å²) < 4.78 is 2.00. The molecule has 0 bridgehead atoms. The summed E-state index contributed by atoms with van der Waals surface area (Å²) >= 11 is 0. The molecule has 5 nitrogen and oxygen atoms in total. The molecule has 0 N–H and O–H groups in total. The SMILES string of the molecule is CN(C)Cc1c(C(=O)N(Cc2ccccc2)c2ccccc2)nc2ccccn12. The third-order valence-electron chi connectivity index (χ3n) is 4.79. The molecule has 0 atom stereocenters. The Morgan fingerprint density at radius 2 is 1.52 bits per heavy atom. The van der Waals surface area contributed by atoms with Crippen molar-refractivity contribution in [2.45, 2.75) is 13.1 Å². The predicted octanol–water partition coefficient (Wildman–Crippen LogP) is 4.24. The van der Waals surface area contributed by atoms with Crippen molar-refractivity contribution < 1.29 is 4.79 Å². The molecule has 4 aromatic rings. The average Bonchev–Trinajstić information content (AvgIpc) is 3.11. The van der Waals surface area contributed by atoms with Crippen LogP contribution in [0.5, 0.6) is 0 Å². The third-order valence-corrected chi connectivity index (χ3v) is 4.79. The summed E-state index contributed by atoms with van der Waals surface area (Å²) in [5, 5.41) is 0. The van der Waals surface area contributed by atoms with Crippen LogP contribution in [0.2, 0.25) is 0 Å². The molecule has 146 valence electrons. The van der Waals surface area contributed by atoms with Gasteiger partial charge >= 0.3 is 0 Å². The summed E-state index contributed by atoms with van der Waals surface area (Å²) in [4.78, 5) is 22.3. The van der Waals surface area contributed by atoms with Crippen LogP contribution in [0, 0.1) is 0 Å². The molecule has 0 spiro atoms. The zero-order valence-electron chi connectivity index (χ0n) is 16.7. The van der Waals surface area contributed by atoms with E-state index in [4.69, 9.17) is 4.98 Å². The second kappa shape index (κ2) is 8.29. The lowest BCUT2D eigenvalue weighted by Crippen LogP contribution is -2.32. The van der Waals surface area contributed by atoms with Crippen molar-refractivity contribution in [1.29, 1.82) is 0 Å². The summed E-state index contributed by atoms with van der Waals surface area (Å²) in [6.07, 6.45) is 1.96. The summed E-state index contributed by atoms with van der Waals surface area (Å²) in [5.41, 5.74) is 4.09. The van der Waals surface area contributed by atoms with Crippen LogP contribution in [-0.2, 0) is 13.1 Å². The maximum atomic E-state index is 13.8. The van der Waals surface area contributed by atoms with Gasteiger partial charge in [-0.3, -0.25) is 4.79 Å². The number of benzene rings is 2. The summed E-state index contributed by atoms with van der Waals surface area (Å²) in [7, 11) is 3.99. The minimum absolute atomic E-state index is 0.0967. The molecule has 0 saturated heterocycles. The molecule has 4 rings (SSSR count). The van der Waals surface area contributed by atoms with Gasteiger partial charge in [-0.25, -0.2) is 4.98 Å². The van der Waals surface area contributed by atoms with E-state index in [-0.39, 0.29) is 5.91 Å². The van der Waals surface area contributed by atoms with Crippen LogP contribution in [0.25, 0.3) is 5.65 Å². The van der Waals surface area contributed by atoms with E-state index in [0.717, 1.165) is 22.6 Å². The lowest BCUT2D eigenvalue weighted by Gasteiger charge is -2.23. The maximum Gasteiger partial charge on any atom is 0.279 e. The van der Waals surface area contributed by atoms with Gasteiger partial charge in [0.2, 0.25) is 0 Å². The van der Waals surface area contributed by atoms with Crippen molar-refractivity contribution in [2.75, 3.05) is 19.0 Å². The highest BCUT2D eigenvalue weighted by Gasteiger charge is 2.25. The number of amides is 1. The molecule has 0 aliphatic heterocycles. The first kappa shape index (κ1) is 18.9. The Bertz CT molecular complexity index is 1100. The van der Waals surface area contributed by atoms with Gasteiger partial charge in [-0.15, -0.1) is 0 Å². The molecular formula is C24H24N4O. The summed E-state index contributed by atoms with van der Waals surface area (Å²) in [5.74, 6) is -0.0967. The van der Waals surface area contributed by atoms with Crippen LogP contribution in [-0.4, -0.2) is 34.3 Å². The number of hydrogen-bond acceptors (Lipinski definition) is 3. The Hall–Kier alpha value is -3.44. The maximum absolute atomic E-state index is 13.8. The minimum atomic E-state index is -0.0967. The van der Waals surface area contributed by atoms with Crippen LogP contribution < -0.4 is 4.90 Å². The highest BCUT2D eigenvalue weighted by molar-refractivity contribution is 6.06. The van der Waals surface area contributed by atoms with Crippen LogP contribution in [0.15, 0.2) is 85.1 Å². The van der Waals surface area contributed by atoms with E-state index in [1.54, 1.807) is 4.90 Å². The molecular weight excluding hydrogens is 360 g/mol. The topological polar surface area (TPSA) is 40.9 Å². The quantitative estimate of drug-likeness (QED) is 0.499. The molecule has 5 heteroatoms. The Morgan fingerprint density at radius 3 is 2.21 bits per heavy atom. The number of rotatable bonds is 6. The number of carbonyl (C=O) groups is 1. The molecule has 0 unspecified atom stereocenters. The van der Waals surface area contributed by atoms with Gasteiger partial charge < -0.3 is 14.2 Å². The fourth-order valence-corrected chi connectivity index (χ4v) is 3.45. The van der Waals surface area contributed by atoms with Gasteiger partial charge in [0.25, 0.3) is 5.91 Å². The van der Waals surface area contributed by atoms with E-state index in [1.165, 1.54) is 0 Å². The molecule has 0 aliphatic carbocycles. The summed E-state index contributed by atoms with van der Waals surface area (Å²) in [6.45, 7) is 1.11. The molecule has 0 saturated carbocycles. The zero-order chi connectivity index (χ0) is 20.2. The third kappa shape index (κ3) is 4.05. The van der Waals surface area contributed by atoms with Crippen LogP contribution in [0.1, 0.15) is 21.7 Å². The molecule has 29 heavy (non-hydrogen) atoms. The predicted molar refractivity (Wildman–Crippen MR) is 116 cm³/mol. The Balaban J connectivity index is 1.80. The van der Waals surface area contributed by atoms with Crippen molar-refractivity contribution in [3.8, 4) is 0 Å². The van der Waals surface area contributed by atoms with Gasteiger partial charge in [-0.1, -0.05) is 54.6 Å². The molecule has 2 aromatic carbocycles. The Labute approximate surface area is 170 Å². The van der Waals surface area contributed by atoms with Gasteiger partial charge in [0.05, 0.1) is 12.2 Å². The van der Waals surface area contributed by atoms with Gasteiger partial charge in [-0.2, -0.15) is 0 Å². The first-order valence-electron chi connectivity index (χ1n) is 9.65. The largest absolute Gasteiger partial charge is 0.304 e. The number of carbonyl (C=O) groups excluding carboxylic acids is 1. The van der Waals surface area contributed by atoms with Crippen molar-refractivity contribution in [3.05, 3.63) is 102 Å². The highest BCUT2D eigenvalue weighted by Crippen LogP contribution is 2.23. The van der Waals surface area contributed by atoms with Crippen molar-refractivity contribution in [1.82, 2.24) is 14.3 Å². The van der Waals surface area contributed by atoms with E-state index in [0.29, 0.717) is 18.8 Å². The van der Waals surface area contributed by atoms with E-state index >= 15 is 0 Å². The smallest absolute Gasteiger partial charge is 0.279 e. The Kier molecular flexibility index (Phi) is 5.40. The normalized spacial score (nSPS) is 11.1. The molecule has 0 radical (unpaired) electrons. The number of para-hydroxylation sites is 1. The fraction of sp³-hybridized carbons (Fsp3) is 0.167. The van der Waals surface area contributed by atoms with Crippen molar-refractivity contribution in [2.24, 2.45) is 0 Å². The number of fused-ring (bicyclic) bond motifs is 1. The van der Waals surface area contributed by atoms with Crippen LogP contribution in [0.3, 0.4) is 0 Å². The van der Waals surface area contributed by atoms with Gasteiger partial charge in [0.1, 0.15) is 5.65 Å². The van der Waals surface area contributed by atoms with Gasteiger partial charge in [0.15, 0.2) is 5.69 Å². The second-order valence-corrected chi connectivity index (χ2v) is 7.29. The van der Waals surface area contributed by atoms with Gasteiger partial charge in [0, 0.05) is 18.4 Å². The van der Waals surface area contributed by atoms with E-state index < -0.39 is 0 Å². The number of anilines is 1. The zero-order valence-corrected chi connectivity index (χ0v) is 16.7. The first-order chi connectivity index (χ1) is 14.1. The number of nitrogens with zero attached hydrogens (tertiary/aromatic N) is 4. The van der Waals surface area contributed by atoms with Crippen LogP contribution in [0.4, 0.5) is 5.69 Å². The first-order valence-corrected chi connectivity index (χ1v) is 9.65. The number of imidazole rings is 1. The van der Waals surface area contributed by atoms with Gasteiger partial charge in [-0.05, 0) is 43.9 Å². The van der Waals surface area contributed by atoms with E-state index in [1.807, 2.05) is 104 Å². The van der Waals surface area contributed by atoms with Crippen molar-refractivity contribution in [3.63, 3.8) is 0 Å². The second-order valence-electron chi connectivity index (χ2n) is 7.29. The number of aromatic nitrogens is 2. The monoisotopic (exact) mass is 384 g/mol. The number of pyridine rings is 1. The molecule has 2 heterocycles. The lowest BCUT2D eigenvalue weighted by atomic mass is 10.1. The van der Waals surface area contributed by atoms with Crippen LogP contribution >= 0.6 is 0 Å².